The van der Waals surface area contributed by atoms with Crippen LogP contribution in [0, 0.1) is 5.82 Å². The minimum atomic E-state index is -0.588. The number of carbonyl (C=O) groups excluding carboxylic acids is 2. The number of hydrogen-bond donors (Lipinski definition) is 2. The van der Waals surface area contributed by atoms with Crippen molar-refractivity contribution in [2.75, 3.05) is 19.0 Å². The van der Waals surface area contributed by atoms with Gasteiger partial charge in [-0.1, -0.05) is 13.0 Å². The first-order valence-electron chi connectivity index (χ1n) is 8.70. The molecule has 8 heteroatoms. The maximum atomic E-state index is 12.8. The highest BCUT2D eigenvalue weighted by Crippen LogP contribution is 2.30. The largest absolute Gasteiger partial charge is 0.493 e. The van der Waals surface area contributed by atoms with Crippen LogP contribution in [0.5, 0.6) is 11.5 Å². The molecule has 0 aliphatic heterocycles. The summed E-state index contributed by atoms with van der Waals surface area (Å²) in [5.74, 6) is -0.450. The fourth-order valence-corrected chi connectivity index (χ4v) is 2.25. The Kier molecular flexibility index (Phi) is 7.95. The molecular weight excluding hydrogens is 365 g/mol. The molecule has 2 aromatic rings. The molecule has 0 saturated carbocycles. The zero-order valence-electron chi connectivity index (χ0n) is 15.7. The smallest absolute Gasteiger partial charge is 0.249 e. The number of nitrogens with zero attached hydrogens (tertiary/aromatic N) is 1. The molecule has 0 fully saturated rings. The number of hydrogen-bond acceptors (Lipinski definition) is 5. The van der Waals surface area contributed by atoms with Crippen molar-refractivity contribution < 1.29 is 23.5 Å². The molecule has 0 unspecified atom stereocenters. The van der Waals surface area contributed by atoms with E-state index in [1.54, 1.807) is 18.2 Å². The molecular formula is C20H22FN3O4. The number of methoxy groups -OCH3 is 1. The van der Waals surface area contributed by atoms with Crippen LogP contribution in [0.2, 0.25) is 0 Å². The third-order valence-electron chi connectivity index (χ3n) is 3.52. The van der Waals surface area contributed by atoms with Crippen molar-refractivity contribution in [1.29, 1.82) is 0 Å². The van der Waals surface area contributed by atoms with Gasteiger partial charge in [0.2, 0.25) is 11.8 Å². The monoisotopic (exact) mass is 387 g/mol. The summed E-state index contributed by atoms with van der Waals surface area (Å²) in [5.41, 5.74) is 3.32. The van der Waals surface area contributed by atoms with Gasteiger partial charge in [0.15, 0.2) is 11.5 Å². The molecule has 2 N–H and O–H groups in total. The van der Waals surface area contributed by atoms with Crippen LogP contribution in [0.1, 0.15) is 25.3 Å². The second-order valence-corrected chi connectivity index (χ2v) is 5.75. The topological polar surface area (TPSA) is 89.0 Å². The van der Waals surface area contributed by atoms with E-state index in [0.29, 0.717) is 29.4 Å². The lowest BCUT2D eigenvalue weighted by molar-refractivity contribution is -0.126. The third kappa shape index (κ3) is 6.39. The van der Waals surface area contributed by atoms with E-state index in [4.69, 9.17) is 9.47 Å². The normalized spacial score (nSPS) is 10.5. The summed E-state index contributed by atoms with van der Waals surface area (Å²) in [6.07, 6.45) is 1.82. The molecule has 28 heavy (non-hydrogen) atoms. The van der Waals surface area contributed by atoms with E-state index in [9.17, 15) is 14.0 Å². The van der Waals surface area contributed by atoms with E-state index in [2.05, 4.69) is 15.8 Å². The fourth-order valence-electron chi connectivity index (χ4n) is 2.25. The fraction of sp³-hybridized carbons (Fsp3) is 0.250. The molecule has 0 bridgehead atoms. The maximum absolute atomic E-state index is 12.8. The average molecular weight is 387 g/mol. The highest BCUT2D eigenvalue weighted by molar-refractivity contribution is 6.03. The zero-order valence-corrected chi connectivity index (χ0v) is 15.7. The highest BCUT2D eigenvalue weighted by Gasteiger charge is 2.11. The molecule has 0 heterocycles. The quantitative estimate of drug-likeness (QED) is 0.393. The van der Waals surface area contributed by atoms with Crippen LogP contribution in [0.4, 0.5) is 10.1 Å². The standard InChI is InChI=1S/C20H22FN3O4/c1-3-11-28-20-14(5-4-6-17(20)27-2)13-22-24-19(26)12-18(25)23-16-9-7-15(21)8-10-16/h4-10,13H,3,11-12H2,1-2H3,(H,23,25)(H,24,26). The predicted molar refractivity (Wildman–Crippen MR) is 104 cm³/mol. The van der Waals surface area contributed by atoms with Crippen LogP contribution in [-0.2, 0) is 9.59 Å². The first-order valence-corrected chi connectivity index (χ1v) is 8.70. The Morgan fingerprint density at radius 2 is 1.89 bits per heavy atom. The van der Waals surface area contributed by atoms with E-state index >= 15 is 0 Å². The first-order chi connectivity index (χ1) is 13.5. The molecule has 0 radical (unpaired) electrons. The average Bonchev–Trinajstić information content (AvgIpc) is 2.68. The van der Waals surface area contributed by atoms with Gasteiger partial charge in [-0.2, -0.15) is 5.10 Å². The van der Waals surface area contributed by atoms with Crippen molar-refractivity contribution in [3.05, 3.63) is 53.8 Å². The van der Waals surface area contributed by atoms with E-state index < -0.39 is 24.1 Å². The van der Waals surface area contributed by atoms with Crippen LogP contribution < -0.4 is 20.2 Å². The van der Waals surface area contributed by atoms with Crippen LogP contribution in [0.3, 0.4) is 0 Å². The number of nitrogens with one attached hydrogen (secondary N) is 2. The maximum Gasteiger partial charge on any atom is 0.249 e. The molecule has 0 atom stereocenters. The lowest BCUT2D eigenvalue weighted by Crippen LogP contribution is -2.24. The van der Waals surface area contributed by atoms with E-state index in [-0.39, 0.29) is 0 Å². The van der Waals surface area contributed by atoms with Crippen molar-refractivity contribution in [3.8, 4) is 11.5 Å². The number of para-hydroxylation sites is 1. The number of carbonyl (C=O) groups is 2. The molecule has 2 amide bonds. The van der Waals surface area contributed by atoms with Gasteiger partial charge in [-0.05, 0) is 42.8 Å². The van der Waals surface area contributed by atoms with Gasteiger partial charge in [-0.3, -0.25) is 9.59 Å². The van der Waals surface area contributed by atoms with Gasteiger partial charge in [-0.15, -0.1) is 0 Å². The van der Waals surface area contributed by atoms with Crippen molar-refractivity contribution >= 4 is 23.7 Å². The van der Waals surface area contributed by atoms with Crippen molar-refractivity contribution in [3.63, 3.8) is 0 Å². The van der Waals surface area contributed by atoms with Gasteiger partial charge in [0.1, 0.15) is 12.2 Å². The molecule has 0 saturated heterocycles. The second kappa shape index (κ2) is 10.7. The Morgan fingerprint density at radius 3 is 2.57 bits per heavy atom. The summed E-state index contributed by atoms with van der Waals surface area (Å²) < 4.78 is 23.8. The number of anilines is 1. The summed E-state index contributed by atoms with van der Waals surface area (Å²) in [5, 5.41) is 6.37. The number of rotatable bonds is 9. The lowest BCUT2D eigenvalue weighted by Gasteiger charge is -2.12. The Bertz CT molecular complexity index is 838. The van der Waals surface area contributed by atoms with Gasteiger partial charge in [0.25, 0.3) is 0 Å². The van der Waals surface area contributed by atoms with Crippen molar-refractivity contribution in [2.45, 2.75) is 19.8 Å². The van der Waals surface area contributed by atoms with E-state index in [1.165, 1.54) is 37.6 Å². The van der Waals surface area contributed by atoms with E-state index in [1.807, 2.05) is 6.92 Å². The third-order valence-corrected chi connectivity index (χ3v) is 3.52. The summed E-state index contributed by atoms with van der Waals surface area (Å²) in [4.78, 5) is 23.7. The van der Waals surface area contributed by atoms with Crippen LogP contribution in [0.25, 0.3) is 0 Å². The second-order valence-electron chi connectivity index (χ2n) is 5.75. The molecule has 7 nitrogen and oxygen atoms in total. The highest BCUT2D eigenvalue weighted by atomic mass is 19.1. The molecule has 2 aromatic carbocycles. The summed E-state index contributed by atoms with van der Waals surface area (Å²) in [7, 11) is 1.54. The molecule has 0 aliphatic rings. The lowest BCUT2D eigenvalue weighted by atomic mass is 10.2. The molecule has 0 aromatic heterocycles. The Hall–Kier alpha value is -3.42. The summed E-state index contributed by atoms with van der Waals surface area (Å²) >= 11 is 0. The Labute approximate surface area is 162 Å². The van der Waals surface area contributed by atoms with E-state index in [0.717, 1.165) is 6.42 Å². The van der Waals surface area contributed by atoms with Gasteiger partial charge >= 0.3 is 0 Å². The predicted octanol–water partition coefficient (Wildman–Crippen LogP) is 3.10. The van der Waals surface area contributed by atoms with Crippen LogP contribution in [0.15, 0.2) is 47.6 Å². The summed E-state index contributed by atoms with van der Waals surface area (Å²) in [6, 6.07) is 10.6. The number of hydrazone groups is 1. The first kappa shape index (κ1) is 20.9. The SMILES string of the molecule is CCCOc1c(C=NNC(=O)CC(=O)Nc2ccc(F)cc2)cccc1OC. The Balaban J connectivity index is 1.92. The number of benzene rings is 2. The summed E-state index contributed by atoms with van der Waals surface area (Å²) in [6.45, 7) is 2.50. The van der Waals surface area contributed by atoms with Crippen LogP contribution >= 0.6 is 0 Å². The number of halogens is 1. The number of ether oxygens (including phenoxy) is 2. The zero-order chi connectivity index (χ0) is 20.4. The van der Waals surface area contributed by atoms with Crippen molar-refractivity contribution in [2.24, 2.45) is 5.10 Å². The van der Waals surface area contributed by atoms with Crippen molar-refractivity contribution in [1.82, 2.24) is 5.43 Å². The molecule has 2 rings (SSSR count). The molecule has 148 valence electrons. The minimum absolute atomic E-state index is 0.400. The van der Waals surface area contributed by atoms with Gasteiger partial charge in [-0.25, -0.2) is 9.82 Å². The number of amides is 2. The molecule has 0 spiro atoms. The van der Waals surface area contributed by atoms with Gasteiger partial charge in [0, 0.05) is 11.3 Å². The Morgan fingerprint density at radius 1 is 1.14 bits per heavy atom. The minimum Gasteiger partial charge on any atom is -0.493 e. The van der Waals surface area contributed by atoms with Crippen LogP contribution in [-0.4, -0.2) is 31.7 Å². The molecule has 0 aliphatic carbocycles. The van der Waals surface area contributed by atoms with Gasteiger partial charge in [0.05, 0.1) is 19.9 Å². The van der Waals surface area contributed by atoms with Gasteiger partial charge < -0.3 is 14.8 Å².